The van der Waals surface area contributed by atoms with Crippen molar-refractivity contribution in [3.05, 3.63) is 12.2 Å². The minimum absolute atomic E-state index is 0.0547. The Morgan fingerprint density at radius 1 is 1.19 bits per heavy atom. The van der Waals surface area contributed by atoms with Gasteiger partial charge in [-0.15, -0.1) is 0 Å². The molecule has 5 aliphatic carbocycles. The SMILES string of the molecule is C=C1[C@@H](O)[C@]23C[C@@H]1[C@@H](O)C[C@H]2[C@@]12[C@@H]4C[C@H]3[C@H]1N(CC)C[C@]4(C)CC[C@@H]2O. The van der Waals surface area contributed by atoms with E-state index < -0.39 is 12.2 Å². The summed E-state index contributed by atoms with van der Waals surface area (Å²) in [7, 11) is 0. The van der Waals surface area contributed by atoms with Crippen LogP contribution in [0.1, 0.15) is 46.0 Å². The minimum Gasteiger partial charge on any atom is -0.392 e. The lowest BCUT2D eigenvalue weighted by atomic mass is 9.43. The first kappa shape index (κ1) is 16.5. The molecule has 5 saturated carbocycles. The molecule has 0 aromatic heterocycles. The number of aliphatic hydroxyl groups excluding tert-OH is 3. The van der Waals surface area contributed by atoms with Gasteiger partial charge in [-0.2, -0.15) is 0 Å². The summed E-state index contributed by atoms with van der Waals surface area (Å²) in [6.45, 7) is 11.1. The van der Waals surface area contributed by atoms with Crippen molar-refractivity contribution in [2.75, 3.05) is 13.1 Å². The highest BCUT2D eigenvalue weighted by Crippen LogP contribution is 2.83. The zero-order valence-electron chi connectivity index (χ0n) is 16.1. The maximum Gasteiger partial charge on any atom is 0.0813 e. The molecule has 2 spiro atoms. The summed E-state index contributed by atoms with van der Waals surface area (Å²) < 4.78 is 0. The first-order valence-electron chi connectivity index (χ1n) is 10.8. The number of aliphatic hydroxyl groups is 3. The number of rotatable bonds is 1. The maximum atomic E-state index is 11.5. The van der Waals surface area contributed by atoms with Crippen LogP contribution in [0.25, 0.3) is 0 Å². The highest BCUT2D eigenvalue weighted by atomic mass is 16.3. The quantitative estimate of drug-likeness (QED) is 0.625. The van der Waals surface area contributed by atoms with Crippen LogP contribution in [0.5, 0.6) is 0 Å². The number of hydrogen-bond acceptors (Lipinski definition) is 4. The van der Waals surface area contributed by atoms with E-state index in [9.17, 15) is 15.3 Å². The summed E-state index contributed by atoms with van der Waals surface area (Å²) in [4.78, 5) is 2.65. The fourth-order valence-corrected chi connectivity index (χ4v) is 9.97. The number of hydrogen-bond donors (Lipinski definition) is 3. The predicted octanol–water partition coefficient (Wildman–Crippen LogP) is 1.79. The molecule has 0 unspecified atom stereocenters. The highest BCUT2D eigenvalue weighted by molar-refractivity contribution is 5.39. The van der Waals surface area contributed by atoms with E-state index in [0.717, 1.165) is 50.8 Å². The van der Waals surface area contributed by atoms with Crippen LogP contribution in [0.15, 0.2) is 12.2 Å². The van der Waals surface area contributed by atoms with Gasteiger partial charge in [0, 0.05) is 29.3 Å². The Labute approximate surface area is 156 Å². The lowest BCUT2D eigenvalue weighted by molar-refractivity contribution is -0.218. The molecule has 0 amide bonds. The Kier molecular flexibility index (Phi) is 2.92. The Morgan fingerprint density at radius 2 is 1.96 bits per heavy atom. The maximum absolute atomic E-state index is 11.5. The second kappa shape index (κ2) is 4.59. The smallest absolute Gasteiger partial charge is 0.0813 e. The van der Waals surface area contributed by atoms with Crippen LogP contribution < -0.4 is 0 Å². The summed E-state index contributed by atoms with van der Waals surface area (Å²) in [5.74, 6) is 1.26. The normalized spacial score (nSPS) is 65.5. The molecule has 1 saturated heterocycles. The molecule has 6 fully saturated rings. The van der Waals surface area contributed by atoms with E-state index in [1.54, 1.807) is 0 Å². The molecule has 11 atom stereocenters. The van der Waals surface area contributed by atoms with Crippen LogP contribution in [-0.2, 0) is 0 Å². The van der Waals surface area contributed by atoms with Gasteiger partial charge in [-0.25, -0.2) is 0 Å². The van der Waals surface area contributed by atoms with Gasteiger partial charge in [-0.3, -0.25) is 4.90 Å². The van der Waals surface area contributed by atoms with E-state index in [0.29, 0.717) is 17.9 Å². The molecule has 3 N–H and O–H groups in total. The number of piperidine rings is 1. The third-order valence-corrected chi connectivity index (χ3v) is 10.6. The van der Waals surface area contributed by atoms with Gasteiger partial charge >= 0.3 is 0 Å². The van der Waals surface area contributed by atoms with Crippen LogP contribution in [-0.4, -0.2) is 57.7 Å². The zero-order chi connectivity index (χ0) is 18.2. The van der Waals surface area contributed by atoms with Gasteiger partial charge in [-0.05, 0) is 67.4 Å². The summed E-state index contributed by atoms with van der Waals surface area (Å²) in [6, 6.07) is 0.373. The fraction of sp³-hybridized carbons (Fsp3) is 0.909. The van der Waals surface area contributed by atoms with E-state index in [1.807, 2.05) is 0 Å². The van der Waals surface area contributed by atoms with Crippen LogP contribution in [0, 0.1) is 39.9 Å². The molecule has 1 aliphatic heterocycles. The molecular weight excluding hydrogens is 326 g/mol. The summed E-state index contributed by atoms with van der Waals surface area (Å²) in [6.07, 6.45) is 3.58. The largest absolute Gasteiger partial charge is 0.392 e. The second-order valence-corrected chi connectivity index (χ2v) is 10.9. The lowest BCUT2D eigenvalue weighted by Crippen LogP contribution is -2.68. The molecule has 4 nitrogen and oxygen atoms in total. The Morgan fingerprint density at radius 3 is 2.69 bits per heavy atom. The lowest BCUT2D eigenvalue weighted by Gasteiger charge is -2.65. The summed E-state index contributed by atoms with van der Waals surface area (Å²) in [5.41, 5.74) is 0.849. The summed E-state index contributed by atoms with van der Waals surface area (Å²) >= 11 is 0. The van der Waals surface area contributed by atoms with E-state index in [4.69, 9.17) is 0 Å². The van der Waals surface area contributed by atoms with Crippen molar-refractivity contribution >= 4 is 0 Å². The van der Waals surface area contributed by atoms with Gasteiger partial charge in [0.05, 0.1) is 18.3 Å². The van der Waals surface area contributed by atoms with Crippen molar-refractivity contribution < 1.29 is 15.3 Å². The van der Waals surface area contributed by atoms with E-state index in [-0.39, 0.29) is 34.2 Å². The molecule has 0 aromatic carbocycles. The fourth-order valence-electron chi connectivity index (χ4n) is 9.97. The third-order valence-electron chi connectivity index (χ3n) is 10.6. The minimum atomic E-state index is -0.500. The van der Waals surface area contributed by atoms with Gasteiger partial charge in [0.1, 0.15) is 0 Å². The Hall–Kier alpha value is -0.420. The molecule has 26 heavy (non-hydrogen) atoms. The monoisotopic (exact) mass is 359 g/mol. The average Bonchev–Trinajstić information content (AvgIpc) is 3.14. The molecule has 6 rings (SSSR count). The molecule has 1 heterocycles. The van der Waals surface area contributed by atoms with Crippen molar-refractivity contribution in [3.63, 3.8) is 0 Å². The molecule has 0 radical (unpaired) electrons. The van der Waals surface area contributed by atoms with Crippen molar-refractivity contribution in [1.82, 2.24) is 4.90 Å². The van der Waals surface area contributed by atoms with Crippen LogP contribution in [0.3, 0.4) is 0 Å². The molecule has 144 valence electrons. The van der Waals surface area contributed by atoms with E-state index >= 15 is 0 Å². The average molecular weight is 360 g/mol. The number of nitrogens with zero attached hydrogens (tertiary/aromatic N) is 1. The molecule has 0 aromatic rings. The van der Waals surface area contributed by atoms with Gasteiger partial charge in [-0.1, -0.05) is 20.4 Å². The van der Waals surface area contributed by atoms with E-state index in [1.165, 1.54) is 0 Å². The Balaban J connectivity index is 1.61. The van der Waals surface area contributed by atoms with Gasteiger partial charge in [0.15, 0.2) is 0 Å². The van der Waals surface area contributed by atoms with Crippen LogP contribution >= 0.6 is 0 Å². The summed E-state index contributed by atoms with van der Waals surface area (Å²) in [5, 5.41) is 33.8. The topological polar surface area (TPSA) is 63.9 Å². The van der Waals surface area contributed by atoms with E-state index in [2.05, 4.69) is 25.3 Å². The van der Waals surface area contributed by atoms with Crippen molar-refractivity contribution in [3.8, 4) is 0 Å². The Bertz CT molecular complexity index is 695. The third kappa shape index (κ3) is 1.37. The first-order valence-corrected chi connectivity index (χ1v) is 10.8. The van der Waals surface area contributed by atoms with Crippen LogP contribution in [0.2, 0.25) is 0 Å². The highest BCUT2D eigenvalue weighted by Gasteiger charge is 2.85. The molecular formula is C22H33NO3. The molecule has 4 heteroatoms. The predicted molar refractivity (Wildman–Crippen MR) is 98.2 cm³/mol. The standard InChI is InChI=1S/C22H33NO3/c1-4-23-10-20(3)6-5-17(25)22-15(20)7-13(18(22)23)21-9-12(11(2)19(21)26)14(24)8-16(21)22/h12-19,24-26H,2,4-10H2,1,3H3/t12-,13-,14-,15+,16+,17-,18+,19+,20-,21-,22+/m0/s1. The molecule has 7 bridgehead atoms. The number of fused-ring (bicyclic) bond motifs is 1. The van der Waals surface area contributed by atoms with Crippen LogP contribution in [0.4, 0.5) is 0 Å². The zero-order valence-corrected chi connectivity index (χ0v) is 16.1. The van der Waals surface area contributed by atoms with Crippen molar-refractivity contribution in [2.24, 2.45) is 39.9 Å². The van der Waals surface area contributed by atoms with Gasteiger partial charge in [0.2, 0.25) is 0 Å². The molecule has 6 aliphatic rings. The van der Waals surface area contributed by atoms with Crippen molar-refractivity contribution in [2.45, 2.75) is 70.3 Å². The van der Waals surface area contributed by atoms with Crippen molar-refractivity contribution in [1.29, 1.82) is 0 Å². The van der Waals surface area contributed by atoms with Gasteiger partial charge < -0.3 is 15.3 Å². The second-order valence-electron chi connectivity index (χ2n) is 10.9. The first-order chi connectivity index (χ1) is 12.3. The van der Waals surface area contributed by atoms with Gasteiger partial charge in [0.25, 0.3) is 0 Å². The number of likely N-dealkylation sites (tertiary alicyclic amines) is 1.